The minimum absolute atomic E-state index is 0.169. The molecule has 1 aromatic heterocycles. The van der Waals surface area contributed by atoms with E-state index in [0.717, 1.165) is 0 Å². The van der Waals surface area contributed by atoms with Crippen LogP contribution in [-0.2, 0) is 0 Å². The van der Waals surface area contributed by atoms with Crippen LogP contribution in [0, 0.1) is 5.92 Å². The molecule has 0 spiro atoms. The van der Waals surface area contributed by atoms with Crippen LogP contribution < -0.4 is 5.32 Å². The fourth-order valence-corrected chi connectivity index (χ4v) is 3.96. The molecule has 1 aliphatic carbocycles. The van der Waals surface area contributed by atoms with Gasteiger partial charge in [-0.3, -0.25) is 9.36 Å². The molecule has 2 amide bonds. The fourth-order valence-electron chi connectivity index (χ4n) is 3.69. The highest BCUT2D eigenvalue weighted by Crippen LogP contribution is 2.29. The van der Waals surface area contributed by atoms with Gasteiger partial charge in [-0.25, -0.2) is 4.79 Å². The van der Waals surface area contributed by atoms with Gasteiger partial charge < -0.3 is 10.2 Å². The Kier molecular flexibility index (Phi) is 5.87. The molecule has 0 aliphatic heterocycles. The van der Waals surface area contributed by atoms with Gasteiger partial charge in [0.1, 0.15) is 0 Å². The maximum Gasteiger partial charge on any atom is 0.328 e. The van der Waals surface area contributed by atoms with Gasteiger partial charge in [-0.05, 0) is 30.9 Å². The van der Waals surface area contributed by atoms with Crippen LogP contribution in [0.4, 0.5) is 4.79 Å². The highest BCUT2D eigenvalue weighted by atomic mass is 35.5. The highest BCUT2D eigenvalue weighted by molar-refractivity contribution is 6.37. The standard InChI is InChI=1S/C20H26ClN3O2/c1-23(2)20(26)24-13-15(18-16(21)10-7-11-17(18)24)19(25)22-12-14-8-5-3-4-6-9-14/h7,10-11,13-14H,3-6,8-9,12H2,1-2H3,(H,22,25). The molecule has 0 bridgehead atoms. The first-order chi connectivity index (χ1) is 12.5. The number of halogens is 1. The summed E-state index contributed by atoms with van der Waals surface area (Å²) in [4.78, 5) is 26.8. The summed E-state index contributed by atoms with van der Waals surface area (Å²) in [6, 6.07) is 5.14. The van der Waals surface area contributed by atoms with E-state index in [4.69, 9.17) is 11.6 Å². The molecule has 26 heavy (non-hydrogen) atoms. The van der Waals surface area contributed by atoms with E-state index in [1.165, 1.54) is 48.0 Å². The number of amides is 2. The summed E-state index contributed by atoms with van der Waals surface area (Å²) in [5.74, 6) is 0.367. The van der Waals surface area contributed by atoms with Crippen LogP contribution in [0.2, 0.25) is 5.02 Å². The second-order valence-electron chi connectivity index (χ2n) is 7.29. The van der Waals surface area contributed by atoms with E-state index in [-0.39, 0.29) is 11.9 Å². The highest BCUT2D eigenvalue weighted by Gasteiger charge is 2.22. The Labute approximate surface area is 159 Å². The fraction of sp³-hybridized carbons (Fsp3) is 0.500. The van der Waals surface area contributed by atoms with Crippen molar-refractivity contribution in [3.05, 3.63) is 35.0 Å². The Hall–Kier alpha value is -2.01. The average Bonchev–Trinajstić information content (AvgIpc) is 2.82. The largest absolute Gasteiger partial charge is 0.352 e. The summed E-state index contributed by atoms with van der Waals surface area (Å²) >= 11 is 6.36. The lowest BCUT2D eigenvalue weighted by molar-refractivity contribution is 0.0947. The van der Waals surface area contributed by atoms with Gasteiger partial charge in [-0.15, -0.1) is 0 Å². The second-order valence-corrected chi connectivity index (χ2v) is 7.70. The van der Waals surface area contributed by atoms with Crippen molar-refractivity contribution in [2.24, 2.45) is 5.92 Å². The Morgan fingerprint density at radius 3 is 2.54 bits per heavy atom. The van der Waals surface area contributed by atoms with Gasteiger partial charge in [0.15, 0.2) is 0 Å². The van der Waals surface area contributed by atoms with Crippen molar-refractivity contribution in [3.8, 4) is 0 Å². The number of nitrogens with zero attached hydrogens (tertiary/aromatic N) is 2. The molecule has 1 aromatic carbocycles. The van der Waals surface area contributed by atoms with Crippen molar-refractivity contribution in [3.63, 3.8) is 0 Å². The van der Waals surface area contributed by atoms with Gasteiger partial charge in [-0.2, -0.15) is 0 Å². The molecule has 1 fully saturated rings. The summed E-state index contributed by atoms with van der Waals surface area (Å²) in [5.41, 5.74) is 1.10. The first-order valence-corrected chi connectivity index (χ1v) is 9.66. The van der Waals surface area contributed by atoms with Crippen molar-refractivity contribution in [1.82, 2.24) is 14.8 Å². The van der Waals surface area contributed by atoms with E-state index in [1.807, 2.05) is 6.07 Å². The van der Waals surface area contributed by atoms with Gasteiger partial charge in [0, 0.05) is 32.2 Å². The molecular weight excluding hydrogens is 350 g/mol. The number of fused-ring (bicyclic) bond motifs is 1. The number of hydrogen-bond acceptors (Lipinski definition) is 2. The monoisotopic (exact) mass is 375 g/mol. The molecule has 3 rings (SSSR count). The summed E-state index contributed by atoms with van der Waals surface area (Å²) in [6.07, 6.45) is 9.00. The van der Waals surface area contributed by atoms with E-state index in [0.29, 0.717) is 34.0 Å². The molecule has 140 valence electrons. The molecular formula is C20H26ClN3O2. The molecule has 1 saturated carbocycles. The minimum atomic E-state index is -0.208. The smallest absolute Gasteiger partial charge is 0.328 e. The van der Waals surface area contributed by atoms with E-state index in [1.54, 1.807) is 32.4 Å². The lowest BCUT2D eigenvalue weighted by atomic mass is 10.0. The molecule has 0 radical (unpaired) electrons. The summed E-state index contributed by atoms with van der Waals surface area (Å²) in [6.45, 7) is 0.678. The number of hydrogen-bond donors (Lipinski definition) is 1. The van der Waals surface area contributed by atoms with Crippen LogP contribution in [0.3, 0.4) is 0 Å². The van der Waals surface area contributed by atoms with Crippen LogP contribution in [0.15, 0.2) is 24.4 Å². The number of carbonyl (C=O) groups is 2. The molecule has 2 aromatic rings. The quantitative estimate of drug-likeness (QED) is 0.801. The molecule has 1 aliphatic rings. The summed E-state index contributed by atoms with van der Waals surface area (Å²) in [5, 5.41) is 4.17. The Bertz CT molecular complexity index is 805. The molecule has 1 N–H and O–H groups in total. The summed E-state index contributed by atoms with van der Waals surface area (Å²) in [7, 11) is 3.37. The molecule has 1 heterocycles. The van der Waals surface area contributed by atoms with E-state index in [9.17, 15) is 9.59 Å². The van der Waals surface area contributed by atoms with Gasteiger partial charge >= 0.3 is 6.03 Å². The molecule has 0 atom stereocenters. The van der Waals surface area contributed by atoms with Crippen LogP contribution in [-0.4, -0.2) is 42.0 Å². The molecule has 5 nitrogen and oxygen atoms in total. The Morgan fingerprint density at radius 2 is 1.88 bits per heavy atom. The summed E-state index contributed by atoms with van der Waals surface area (Å²) < 4.78 is 1.49. The number of aromatic nitrogens is 1. The topological polar surface area (TPSA) is 54.3 Å². The Balaban J connectivity index is 1.86. The number of rotatable bonds is 3. The SMILES string of the molecule is CN(C)C(=O)n1cc(C(=O)NCC2CCCCCC2)c2c(Cl)cccc21. The minimum Gasteiger partial charge on any atom is -0.352 e. The zero-order chi connectivity index (χ0) is 18.7. The van der Waals surface area contributed by atoms with Gasteiger partial charge in [-0.1, -0.05) is 43.4 Å². The lowest BCUT2D eigenvalue weighted by Gasteiger charge is -2.14. The third kappa shape index (κ3) is 3.88. The van der Waals surface area contributed by atoms with Crippen molar-refractivity contribution in [2.45, 2.75) is 38.5 Å². The molecule has 6 heteroatoms. The molecule has 0 saturated heterocycles. The van der Waals surface area contributed by atoms with Crippen molar-refractivity contribution in [1.29, 1.82) is 0 Å². The van der Waals surface area contributed by atoms with E-state index >= 15 is 0 Å². The normalized spacial score (nSPS) is 15.7. The van der Waals surface area contributed by atoms with Gasteiger partial charge in [0.25, 0.3) is 5.91 Å². The zero-order valence-electron chi connectivity index (χ0n) is 15.4. The molecule has 0 unspecified atom stereocenters. The number of benzene rings is 1. The first kappa shape index (κ1) is 18.8. The van der Waals surface area contributed by atoms with Crippen molar-refractivity contribution < 1.29 is 9.59 Å². The third-order valence-electron chi connectivity index (χ3n) is 5.14. The second kappa shape index (κ2) is 8.12. The number of carbonyl (C=O) groups excluding carboxylic acids is 2. The third-order valence-corrected chi connectivity index (χ3v) is 5.45. The van der Waals surface area contributed by atoms with Gasteiger partial charge in [0.2, 0.25) is 0 Å². The predicted octanol–water partition coefficient (Wildman–Crippen LogP) is 4.52. The number of nitrogens with one attached hydrogen (secondary N) is 1. The zero-order valence-corrected chi connectivity index (χ0v) is 16.2. The van der Waals surface area contributed by atoms with Crippen molar-refractivity contribution in [2.75, 3.05) is 20.6 Å². The van der Waals surface area contributed by atoms with E-state index < -0.39 is 0 Å². The van der Waals surface area contributed by atoms with Crippen molar-refractivity contribution >= 4 is 34.4 Å². The lowest BCUT2D eigenvalue weighted by Crippen LogP contribution is -2.29. The van der Waals surface area contributed by atoms with Crippen LogP contribution in [0.25, 0.3) is 10.9 Å². The van der Waals surface area contributed by atoms with E-state index in [2.05, 4.69) is 5.32 Å². The Morgan fingerprint density at radius 1 is 1.19 bits per heavy atom. The van der Waals surface area contributed by atoms with Gasteiger partial charge in [0.05, 0.1) is 16.1 Å². The average molecular weight is 376 g/mol. The first-order valence-electron chi connectivity index (χ1n) is 9.28. The maximum atomic E-state index is 12.8. The predicted molar refractivity (Wildman–Crippen MR) is 105 cm³/mol. The maximum absolute atomic E-state index is 12.8. The van der Waals surface area contributed by atoms with Crippen LogP contribution in [0.5, 0.6) is 0 Å². The van der Waals surface area contributed by atoms with Crippen LogP contribution in [0.1, 0.15) is 48.9 Å². The van der Waals surface area contributed by atoms with Crippen LogP contribution >= 0.6 is 11.6 Å².